The summed E-state index contributed by atoms with van der Waals surface area (Å²) in [6, 6.07) is 0. The van der Waals surface area contributed by atoms with E-state index in [9.17, 15) is 14.7 Å². The molecule has 5 heteroatoms. The maximum atomic E-state index is 11.6. The Morgan fingerprint density at radius 2 is 2.04 bits per heavy atom. The normalized spacial score (nSPS) is 36.2. The van der Waals surface area contributed by atoms with Crippen LogP contribution >= 0.6 is 0 Å². The Hall–Kier alpha value is -1.46. The number of esters is 1. The zero-order valence-corrected chi connectivity index (χ0v) is 14.5. The van der Waals surface area contributed by atoms with Crippen molar-refractivity contribution in [3.63, 3.8) is 0 Å². The Morgan fingerprint density at radius 3 is 2.52 bits per heavy atom. The lowest BCUT2D eigenvalue weighted by Gasteiger charge is -2.61. The smallest absolute Gasteiger partial charge is 0.303 e. The molecule has 2 aliphatic rings. The van der Waals surface area contributed by atoms with Gasteiger partial charge in [-0.3, -0.25) is 9.59 Å². The van der Waals surface area contributed by atoms with Gasteiger partial charge in [0.25, 0.3) is 0 Å². The highest BCUT2D eigenvalue weighted by Crippen LogP contribution is 2.59. The van der Waals surface area contributed by atoms with Crippen molar-refractivity contribution in [3.8, 4) is 0 Å². The van der Waals surface area contributed by atoms with Crippen LogP contribution in [0, 0.1) is 11.3 Å². The second-order valence-electron chi connectivity index (χ2n) is 7.27. The van der Waals surface area contributed by atoms with E-state index in [1.807, 2.05) is 26.8 Å². The van der Waals surface area contributed by atoms with E-state index in [-0.39, 0.29) is 12.0 Å². The third kappa shape index (κ3) is 3.00. The number of hydrogen-bond acceptors (Lipinski definition) is 5. The Bertz CT molecular complexity index is 560. The fraction of sp³-hybridized carbons (Fsp3) is 0.667. The number of carbonyl (C=O) groups is 2. The zero-order chi connectivity index (χ0) is 17.4. The van der Waals surface area contributed by atoms with Crippen LogP contribution in [0.1, 0.15) is 40.5 Å². The standard InChI is InChI=1S/C18H26O5/c1-11-6-14(22-5)8-13(10-19)15-9-17(3,4)18(15,21)16(7-11)23-12(2)20/h6,8,10,14-16,21H,7,9H2,1-5H3/t14-,15-,16+,18-/m1/s1. The van der Waals surface area contributed by atoms with Crippen molar-refractivity contribution in [2.45, 2.75) is 58.3 Å². The van der Waals surface area contributed by atoms with E-state index in [1.54, 1.807) is 13.2 Å². The Labute approximate surface area is 137 Å². The van der Waals surface area contributed by atoms with Gasteiger partial charge < -0.3 is 14.6 Å². The van der Waals surface area contributed by atoms with Gasteiger partial charge >= 0.3 is 5.97 Å². The van der Waals surface area contributed by atoms with Crippen molar-refractivity contribution < 1.29 is 24.2 Å². The minimum absolute atomic E-state index is 0.334. The molecule has 0 unspecified atom stereocenters. The highest BCUT2D eigenvalue weighted by atomic mass is 16.6. The molecule has 0 radical (unpaired) electrons. The van der Waals surface area contributed by atoms with Crippen LogP contribution in [-0.4, -0.2) is 42.3 Å². The van der Waals surface area contributed by atoms with Gasteiger partial charge in [-0.1, -0.05) is 25.5 Å². The molecule has 0 spiro atoms. The fourth-order valence-corrected chi connectivity index (χ4v) is 3.94. The molecular weight excluding hydrogens is 296 g/mol. The topological polar surface area (TPSA) is 72.8 Å². The molecule has 0 aromatic rings. The number of rotatable bonds is 3. The summed E-state index contributed by atoms with van der Waals surface area (Å²) in [5.41, 5.74) is -0.279. The molecule has 0 saturated heterocycles. The van der Waals surface area contributed by atoms with E-state index in [0.29, 0.717) is 18.4 Å². The van der Waals surface area contributed by atoms with Crippen LogP contribution in [0.15, 0.2) is 23.3 Å². The van der Waals surface area contributed by atoms with Crippen molar-refractivity contribution in [2.24, 2.45) is 11.3 Å². The molecule has 0 heterocycles. The van der Waals surface area contributed by atoms with Crippen LogP contribution in [0.25, 0.3) is 0 Å². The molecule has 0 aromatic carbocycles. The first kappa shape index (κ1) is 17.9. The van der Waals surface area contributed by atoms with Gasteiger partial charge in [-0.25, -0.2) is 0 Å². The van der Waals surface area contributed by atoms with Crippen molar-refractivity contribution in [1.82, 2.24) is 0 Å². The summed E-state index contributed by atoms with van der Waals surface area (Å²) in [5.74, 6) is -0.798. The molecule has 2 aliphatic carbocycles. The minimum Gasteiger partial charge on any atom is -0.459 e. The summed E-state index contributed by atoms with van der Waals surface area (Å²) in [6.07, 6.45) is 4.45. The molecular formula is C18H26O5. The van der Waals surface area contributed by atoms with E-state index in [1.165, 1.54) is 6.92 Å². The Morgan fingerprint density at radius 1 is 1.39 bits per heavy atom. The van der Waals surface area contributed by atoms with Crippen molar-refractivity contribution in [3.05, 3.63) is 23.3 Å². The van der Waals surface area contributed by atoms with Crippen LogP contribution in [0.4, 0.5) is 0 Å². The average molecular weight is 322 g/mol. The Balaban J connectivity index is 2.55. The van der Waals surface area contributed by atoms with E-state index in [2.05, 4.69) is 0 Å². The number of methoxy groups -OCH3 is 1. The summed E-state index contributed by atoms with van der Waals surface area (Å²) in [7, 11) is 1.58. The van der Waals surface area contributed by atoms with E-state index in [4.69, 9.17) is 9.47 Å². The molecule has 0 aliphatic heterocycles. The van der Waals surface area contributed by atoms with E-state index >= 15 is 0 Å². The molecule has 0 amide bonds. The first-order valence-corrected chi connectivity index (χ1v) is 7.92. The van der Waals surface area contributed by atoms with Crippen molar-refractivity contribution in [1.29, 1.82) is 0 Å². The second-order valence-corrected chi connectivity index (χ2v) is 7.27. The monoisotopic (exact) mass is 322 g/mol. The van der Waals surface area contributed by atoms with Crippen LogP contribution in [-0.2, 0) is 19.1 Å². The third-order valence-corrected chi connectivity index (χ3v) is 5.25. The average Bonchev–Trinajstić information content (AvgIpc) is 2.49. The molecule has 4 atom stereocenters. The SMILES string of the molecule is CO[C@@H]1C=C(C)C[C@H](OC(C)=O)[C@]2(O)[C@H](CC2(C)C)C(C=O)=C1. The Kier molecular flexibility index (Phi) is 4.83. The maximum absolute atomic E-state index is 11.6. The van der Waals surface area contributed by atoms with Crippen LogP contribution in [0.5, 0.6) is 0 Å². The van der Waals surface area contributed by atoms with Crippen LogP contribution < -0.4 is 0 Å². The van der Waals surface area contributed by atoms with Gasteiger partial charge in [0.15, 0.2) is 0 Å². The molecule has 0 bridgehead atoms. The predicted octanol–water partition coefficient (Wildman–Crippen LogP) is 2.19. The highest BCUT2D eigenvalue weighted by Gasteiger charge is 2.65. The van der Waals surface area contributed by atoms with Gasteiger partial charge in [0.05, 0.1) is 6.10 Å². The first-order valence-electron chi connectivity index (χ1n) is 7.92. The number of fused-ring (bicyclic) bond motifs is 1. The molecule has 1 saturated carbocycles. The van der Waals surface area contributed by atoms with Crippen LogP contribution in [0.3, 0.4) is 0 Å². The second kappa shape index (κ2) is 6.21. The molecule has 23 heavy (non-hydrogen) atoms. The summed E-state index contributed by atoms with van der Waals surface area (Å²) < 4.78 is 10.9. The summed E-state index contributed by atoms with van der Waals surface area (Å²) in [4.78, 5) is 23.1. The molecule has 128 valence electrons. The zero-order valence-electron chi connectivity index (χ0n) is 14.5. The predicted molar refractivity (Wildman–Crippen MR) is 85.7 cm³/mol. The van der Waals surface area contributed by atoms with Crippen LogP contribution in [0.2, 0.25) is 0 Å². The number of ether oxygens (including phenoxy) is 2. The number of carbonyl (C=O) groups excluding carboxylic acids is 2. The lowest BCUT2D eigenvalue weighted by molar-refractivity contribution is -0.248. The van der Waals surface area contributed by atoms with Gasteiger partial charge in [0.2, 0.25) is 0 Å². The van der Waals surface area contributed by atoms with Crippen molar-refractivity contribution >= 4 is 12.3 Å². The first-order chi connectivity index (χ1) is 10.7. The molecule has 0 aromatic heterocycles. The molecule has 2 rings (SSSR count). The van der Waals surface area contributed by atoms with Gasteiger partial charge in [-0.15, -0.1) is 0 Å². The highest BCUT2D eigenvalue weighted by molar-refractivity contribution is 5.76. The van der Waals surface area contributed by atoms with E-state index < -0.39 is 23.1 Å². The molecule has 1 N–H and O–H groups in total. The lowest BCUT2D eigenvalue weighted by atomic mass is 9.48. The maximum Gasteiger partial charge on any atom is 0.303 e. The minimum atomic E-state index is -1.27. The van der Waals surface area contributed by atoms with E-state index in [0.717, 1.165) is 11.9 Å². The summed E-state index contributed by atoms with van der Waals surface area (Å²) in [6.45, 7) is 7.12. The van der Waals surface area contributed by atoms with Gasteiger partial charge in [-0.2, -0.15) is 0 Å². The fourth-order valence-electron chi connectivity index (χ4n) is 3.94. The van der Waals surface area contributed by atoms with Gasteiger partial charge in [-0.05, 0) is 30.4 Å². The molecule has 5 nitrogen and oxygen atoms in total. The summed E-state index contributed by atoms with van der Waals surface area (Å²) in [5, 5.41) is 11.4. The largest absolute Gasteiger partial charge is 0.459 e. The van der Waals surface area contributed by atoms with Crippen molar-refractivity contribution in [2.75, 3.05) is 7.11 Å². The molecule has 1 fully saturated rings. The van der Waals surface area contributed by atoms with Gasteiger partial charge in [0.1, 0.15) is 18.0 Å². The quantitative estimate of drug-likeness (QED) is 0.490. The number of aliphatic hydroxyl groups is 1. The third-order valence-electron chi connectivity index (χ3n) is 5.25. The number of aldehydes is 1. The summed E-state index contributed by atoms with van der Waals surface area (Å²) >= 11 is 0. The number of hydrogen-bond donors (Lipinski definition) is 1. The van der Waals surface area contributed by atoms with Gasteiger partial charge in [0, 0.05) is 26.4 Å². The lowest BCUT2D eigenvalue weighted by Crippen LogP contribution is -2.69.